The summed E-state index contributed by atoms with van der Waals surface area (Å²) in [5, 5.41) is 0. The Hall–Kier alpha value is -0.640. The molecule has 1 aromatic rings. The van der Waals surface area contributed by atoms with E-state index in [0.717, 1.165) is 25.0 Å². The summed E-state index contributed by atoms with van der Waals surface area (Å²) >= 11 is 2.89. The van der Waals surface area contributed by atoms with Crippen molar-refractivity contribution in [3.63, 3.8) is 0 Å². The molecule has 21 heavy (non-hydrogen) atoms. The predicted octanol–water partition coefficient (Wildman–Crippen LogP) is 2.48. The van der Waals surface area contributed by atoms with Crippen LogP contribution in [0.4, 0.5) is 13.2 Å². The third kappa shape index (κ3) is 4.41. The molecule has 1 aliphatic carbocycles. The van der Waals surface area contributed by atoms with Crippen LogP contribution in [0.3, 0.4) is 0 Å². The average Bonchev–Trinajstić information content (AvgIpc) is 3.18. The van der Waals surface area contributed by atoms with Crippen molar-refractivity contribution in [3.05, 3.63) is 28.2 Å². The Labute approximate surface area is 129 Å². The fraction of sp³-hybridized carbons (Fsp3) is 0.500. The van der Waals surface area contributed by atoms with Crippen LogP contribution >= 0.6 is 15.9 Å². The van der Waals surface area contributed by atoms with Gasteiger partial charge >= 0.3 is 6.18 Å². The first kappa shape index (κ1) is 16.7. The van der Waals surface area contributed by atoms with E-state index >= 15 is 0 Å². The summed E-state index contributed by atoms with van der Waals surface area (Å²) in [5.41, 5.74) is 4.75. The van der Waals surface area contributed by atoms with Crippen molar-refractivity contribution in [2.45, 2.75) is 30.0 Å². The minimum Gasteiger partial charge on any atom is -0.326 e. The van der Waals surface area contributed by atoms with Crippen LogP contribution in [0.5, 0.6) is 0 Å². The molecule has 1 aromatic carbocycles. The second-order valence-electron chi connectivity index (χ2n) is 5.03. The molecule has 0 radical (unpaired) electrons. The molecule has 4 nitrogen and oxygen atoms in total. The summed E-state index contributed by atoms with van der Waals surface area (Å²) in [6.45, 7) is 0.0147. The van der Waals surface area contributed by atoms with Gasteiger partial charge < -0.3 is 5.73 Å². The fourth-order valence-electron chi connectivity index (χ4n) is 1.86. The molecule has 0 bridgehead atoms. The highest BCUT2D eigenvalue weighted by Gasteiger charge is 2.33. The van der Waals surface area contributed by atoms with Crippen LogP contribution in [0, 0.1) is 5.92 Å². The van der Waals surface area contributed by atoms with Crippen LogP contribution in [0.1, 0.15) is 18.4 Å². The Bertz CT molecular complexity index is 630. The molecule has 1 atom stereocenters. The molecule has 1 fully saturated rings. The highest BCUT2D eigenvalue weighted by Crippen LogP contribution is 2.33. The standard InChI is InChI=1S/C12H14BrF3N2O2S/c13-9-3-8(12(14,15)16)4-10(5-9)21(19,20)18-6-11(17)7-1-2-7/h3-5,7,11,18H,1-2,6,17H2. The second kappa shape index (κ2) is 5.86. The molecule has 0 heterocycles. The highest BCUT2D eigenvalue weighted by atomic mass is 79.9. The Balaban J connectivity index is 2.20. The first-order valence-corrected chi connectivity index (χ1v) is 8.50. The lowest BCUT2D eigenvalue weighted by atomic mass is 10.2. The number of alkyl halides is 3. The van der Waals surface area contributed by atoms with E-state index in [1.165, 1.54) is 0 Å². The summed E-state index contributed by atoms with van der Waals surface area (Å²) in [5.74, 6) is 0.293. The topological polar surface area (TPSA) is 72.2 Å². The van der Waals surface area contributed by atoms with E-state index in [1.54, 1.807) is 0 Å². The van der Waals surface area contributed by atoms with E-state index in [-0.39, 0.29) is 17.1 Å². The maximum absolute atomic E-state index is 12.7. The number of benzene rings is 1. The Morgan fingerprint density at radius 3 is 2.48 bits per heavy atom. The zero-order valence-corrected chi connectivity index (χ0v) is 13.2. The molecule has 2 rings (SSSR count). The minimum absolute atomic E-state index is 0.0147. The molecule has 1 aliphatic rings. The third-order valence-corrected chi connectivity index (χ3v) is 5.11. The summed E-state index contributed by atoms with van der Waals surface area (Å²) in [7, 11) is -4.03. The first-order chi connectivity index (χ1) is 9.59. The van der Waals surface area contributed by atoms with Crippen molar-refractivity contribution in [3.8, 4) is 0 Å². The lowest BCUT2D eigenvalue weighted by Crippen LogP contribution is -2.38. The van der Waals surface area contributed by atoms with Crippen LogP contribution in [0.2, 0.25) is 0 Å². The minimum atomic E-state index is -4.61. The number of sulfonamides is 1. The number of rotatable bonds is 5. The van der Waals surface area contributed by atoms with Crippen molar-refractivity contribution >= 4 is 26.0 Å². The smallest absolute Gasteiger partial charge is 0.326 e. The molecule has 0 saturated heterocycles. The molecule has 3 N–H and O–H groups in total. The molecule has 0 aliphatic heterocycles. The van der Waals surface area contributed by atoms with E-state index in [2.05, 4.69) is 20.7 Å². The van der Waals surface area contributed by atoms with Crippen LogP contribution in [-0.2, 0) is 16.2 Å². The van der Waals surface area contributed by atoms with Gasteiger partial charge in [0.1, 0.15) is 0 Å². The lowest BCUT2D eigenvalue weighted by Gasteiger charge is -2.14. The van der Waals surface area contributed by atoms with Gasteiger partial charge in [-0.1, -0.05) is 15.9 Å². The van der Waals surface area contributed by atoms with Crippen molar-refractivity contribution in [2.75, 3.05) is 6.54 Å². The van der Waals surface area contributed by atoms with Crippen LogP contribution in [-0.4, -0.2) is 21.0 Å². The van der Waals surface area contributed by atoms with E-state index < -0.39 is 26.7 Å². The lowest BCUT2D eigenvalue weighted by molar-refractivity contribution is -0.137. The van der Waals surface area contributed by atoms with Crippen molar-refractivity contribution in [2.24, 2.45) is 11.7 Å². The summed E-state index contributed by atoms with van der Waals surface area (Å²) < 4.78 is 64.5. The van der Waals surface area contributed by atoms with Gasteiger partial charge in [-0.2, -0.15) is 13.2 Å². The molecule has 0 spiro atoms. The predicted molar refractivity (Wildman–Crippen MR) is 75.0 cm³/mol. The molecular formula is C12H14BrF3N2O2S. The van der Waals surface area contributed by atoms with Crippen LogP contribution in [0.15, 0.2) is 27.6 Å². The van der Waals surface area contributed by atoms with E-state index in [0.29, 0.717) is 12.0 Å². The second-order valence-corrected chi connectivity index (χ2v) is 7.71. The normalized spacial score (nSPS) is 17.8. The van der Waals surface area contributed by atoms with Crippen LogP contribution < -0.4 is 10.5 Å². The monoisotopic (exact) mass is 386 g/mol. The molecule has 1 saturated carbocycles. The van der Waals surface area contributed by atoms with Gasteiger partial charge in [-0.25, -0.2) is 13.1 Å². The summed E-state index contributed by atoms with van der Waals surface area (Å²) in [6, 6.07) is 2.25. The number of hydrogen-bond donors (Lipinski definition) is 2. The van der Waals surface area contributed by atoms with Gasteiger partial charge in [0.2, 0.25) is 10.0 Å². The Morgan fingerprint density at radius 2 is 1.95 bits per heavy atom. The maximum atomic E-state index is 12.7. The molecular weight excluding hydrogens is 373 g/mol. The molecule has 1 unspecified atom stereocenters. The first-order valence-electron chi connectivity index (χ1n) is 6.22. The third-order valence-electron chi connectivity index (χ3n) is 3.25. The maximum Gasteiger partial charge on any atom is 0.416 e. The van der Waals surface area contributed by atoms with Crippen LogP contribution in [0.25, 0.3) is 0 Å². The zero-order valence-electron chi connectivity index (χ0n) is 10.8. The quantitative estimate of drug-likeness (QED) is 0.816. The van der Waals surface area contributed by atoms with Crippen molar-refractivity contribution in [1.29, 1.82) is 0 Å². The van der Waals surface area contributed by atoms with Gasteiger partial charge in [0.25, 0.3) is 0 Å². The van der Waals surface area contributed by atoms with Gasteiger partial charge in [0.15, 0.2) is 0 Å². The average molecular weight is 387 g/mol. The zero-order chi connectivity index (χ0) is 15.8. The van der Waals surface area contributed by atoms with Gasteiger partial charge in [-0.3, -0.25) is 0 Å². The number of hydrogen-bond acceptors (Lipinski definition) is 3. The number of nitrogens with one attached hydrogen (secondary N) is 1. The van der Waals surface area contributed by atoms with E-state index in [9.17, 15) is 21.6 Å². The summed E-state index contributed by atoms with van der Waals surface area (Å²) in [4.78, 5) is -0.438. The van der Waals surface area contributed by atoms with Gasteiger partial charge in [-0.15, -0.1) is 0 Å². The highest BCUT2D eigenvalue weighted by molar-refractivity contribution is 9.10. The SMILES string of the molecule is NC(CNS(=O)(=O)c1cc(Br)cc(C(F)(F)F)c1)C1CC1. The van der Waals surface area contributed by atoms with E-state index in [1.807, 2.05) is 0 Å². The fourth-order valence-corrected chi connectivity index (χ4v) is 3.65. The molecule has 118 valence electrons. The van der Waals surface area contributed by atoms with Crippen molar-refractivity contribution < 1.29 is 21.6 Å². The van der Waals surface area contributed by atoms with Gasteiger partial charge in [-0.05, 0) is 37.0 Å². The number of halogens is 4. The Morgan fingerprint density at radius 1 is 1.33 bits per heavy atom. The van der Waals surface area contributed by atoms with Crippen molar-refractivity contribution in [1.82, 2.24) is 4.72 Å². The summed E-state index contributed by atoms with van der Waals surface area (Å²) in [6.07, 6.45) is -2.70. The number of nitrogens with two attached hydrogens (primary N) is 1. The van der Waals surface area contributed by atoms with E-state index in [4.69, 9.17) is 5.73 Å². The Kier molecular flexibility index (Phi) is 4.67. The molecule has 0 aromatic heterocycles. The van der Waals surface area contributed by atoms with Gasteiger partial charge in [0.05, 0.1) is 10.5 Å². The molecule has 9 heteroatoms. The van der Waals surface area contributed by atoms with Gasteiger partial charge in [0, 0.05) is 17.1 Å². The molecule has 0 amide bonds. The largest absolute Gasteiger partial charge is 0.416 e.